The Morgan fingerprint density at radius 2 is 1.56 bits per heavy atom. The number of hydrogen-bond acceptors (Lipinski definition) is 4. The van der Waals surface area contributed by atoms with E-state index in [4.69, 9.17) is 0 Å². The normalized spacial score (nSPS) is 13.6. The SMILES string of the molecule is CCN1CCN(c2ccc3[nH]c(-c4cc(C)cc(C)c4)c(CCN(CCCCc4ccc(NS(C)(=O)=O)cc4)Cc4ccccc4)c3c2)C1=O. The Balaban J connectivity index is 1.23. The molecule has 0 saturated carbocycles. The van der Waals surface area contributed by atoms with Gasteiger partial charge in [0.05, 0.1) is 6.26 Å². The molecule has 6 rings (SSSR count). The Bertz CT molecular complexity index is 2020. The van der Waals surface area contributed by atoms with Gasteiger partial charge in [0.1, 0.15) is 0 Å². The molecule has 1 saturated heterocycles. The van der Waals surface area contributed by atoms with E-state index in [1.807, 2.05) is 41.0 Å². The van der Waals surface area contributed by atoms with Gasteiger partial charge in [0.2, 0.25) is 10.0 Å². The maximum atomic E-state index is 13.1. The fourth-order valence-electron chi connectivity index (χ4n) is 7.14. The first kappa shape index (κ1) is 35.2. The molecular weight excluding hydrogens is 643 g/mol. The third-order valence-corrected chi connectivity index (χ3v) is 10.2. The Hall–Kier alpha value is -4.60. The number of benzene rings is 4. The number of hydrogen-bond donors (Lipinski definition) is 2. The standard InChI is InChI=1S/C41H49N5O3S/c1-5-45-23-24-46(41(45)47)36-18-19-39-38(28-36)37(40(42-39)34-26-30(2)25-31(3)27-34)20-22-44(29-33-12-7-6-8-13-33)21-10-9-11-32-14-16-35(17-15-32)43-50(4,48)49/h6-8,12-19,25-28,42-43H,5,9-11,20-24,29H2,1-4H3. The second kappa shape index (κ2) is 15.5. The summed E-state index contributed by atoms with van der Waals surface area (Å²) < 4.78 is 25.7. The van der Waals surface area contributed by atoms with Gasteiger partial charge in [0.25, 0.3) is 0 Å². The number of amides is 2. The van der Waals surface area contributed by atoms with Crippen LogP contribution in [0.2, 0.25) is 0 Å². The summed E-state index contributed by atoms with van der Waals surface area (Å²) in [5.74, 6) is 0. The van der Waals surface area contributed by atoms with Gasteiger partial charge in [-0.3, -0.25) is 14.5 Å². The molecule has 4 aromatic carbocycles. The topological polar surface area (TPSA) is 88.8 Å². The number of carbonyl (C=O) groups is 1. The highest BCUT2D eigenvalue weighted by Gasteiger charge is 2.29. The zero-order chi connectivity index (χ0) is 35.3. The summed E-state index contributed by atoms with van der Waals surface area (Å²) >= 11 is 0. The van der Waals surface area contributed by atoms with E-state index < -0.39 is 10.0 Å². The summed E-state index contributed by atoms with van der Waals surface area (Å²) in [4.78, 5) is 23.3. The molecule has 9 heteroatoms. The van der Waals surface area contributed by atoms with Crippen LogP contribution < -0.4 is 9.62 Å². The van der Waals surface area contributed by atoms with Gasteiger partial charge in [-0.05, 0) is 118 Å². The van der Waals surface area contributed by atoms with Crippen molar-refractivity contribution >= 4 is 38.3 Å². The second-order valence-corrected chi connectivity index (χ2v) is 15.4. The van der Waals surface area contributed by atoms with Crippen LogP contribution in [0.15, 0.2) is 91.0 Å². The molecule has 0 atom stereocenters. The van der Waals surface area contributed by atoms with Gasteiger partial charge in [-0.15, -0.1) is 0 Å². The molecule has 2 N–H and O–H groups in total. The van der Waals surface area contributed by atoms with E-state index in [-0.39, 0.29) is 6.03 Å². The molecule has 0 unspecified atom stereocenters. The van der Waals surface area contributed by atoms with Crippen molar-refractivity contribution in [2.75, 3.05) is 48.6 Å². The van der Waals surface area contributed by atoms with Crippen LogP contribution in [0.5, 0.6) is 0 Å². The first-order chi connectivity index (χ1) is 24.1. The van der Waals surface area contributed by atoms with Crippen LogP contribution in [0.25, 0.3) is 22.2 Å². The summed E-state index contributed by atoms with van der Waals surface area (Å²) in [6.07, 6.45) is 5.04. The van der Waals surface area contributed by atoms with Crippen LogP contribution in [-0.4, -0.2) is 68.2 Å². The Morgan fingerprint density at radius 1 is 0.820 bits per heavy atom. The molecule has 0 spiro atoms. The minimum atomic E-state index is -3.29. The fourth-order valence-corrected chi connectivity index (χ4v) is 7.71. The third kappa shape index (κ3) is 8.76. The number of nitrogens with one attached hydrogen (secondary N) is 2. The van der Waals surface area contributed by atoms with Crippen LogP contribution in [0.4, 0.5) is 16.2 Å². The molecule has 0 radical (unpaired) electrons. The highest BCUT2D eigenvalue weighted by Crippen LogP contribution is 2.35. The number of unbranched alkanes of at least 4 members (excludes halogenated alkanes) is 1. The van der Waals surface area contributed by atoms with Gasteiger partial charge in [0.15, 0.2) is 0 Å². The van der Waals surface area contributed by atoms with Crippen LogP contribution in [0.1, 0.15) is 47.6 Å². The largest absolute Gasteiger partial charge is 0.354 e. The molecule has 1 fully saturated rings. The average molecular weight is 692 g/mol. The van der Waals surface area contributed by atoms with Crippen LogP contribution in [0, 0.1) is 13.8 Å². The number of anilines is 2. The summed E-state index contributed by atoms with van der Waals surface area (Å²) in [6.45, 7) is 11.2. The molecule has 50 heavy (non-hydrogen) atoms. The van der Waals surface area contributed by atoms with Gasteiger partial charge < -0.3 is 9.88 Å². The van der Waals surface area contributed by atoms with Crippen molar-refractivity contribution in [3.8, 4) is 11.3 Å². The zero-order valence-corrected chi connectivity index (χ0v) is 30.5. The molecule has 0 bridgehead atoms. The average Bonchev–Trinajstić information content (AvgIpc) is 3.64. The molecule has 5 aromatic rings. The number of aryl methyl sites for hydroxylation is 3. The van der Waals surface area contributed by atoms with Crippen molar-refractivity contribution in [1.29, 1.82) is 0 Å². The van der Waals surface area contributed by atoms with Crippen molar-refractivity contribution in [3.05, 3.63) is 119 Å². The van der Waals surface area contributed by atoms with E-state index in [0.717, 1.165) is 75.3 Å². The lowest BCUT2D eigenvalue weighted by atomic mass is 9.99. The smallest absolute Gasteiger partial charge is 0.324 e. The van der Waals surface area contributed by atoms with Gasteiger partial charge in [0, 0.05) is 60.7 Å². The van der Waals surface area contributed by atoms with Crippen molar-refractivity contribution < 1.29 is 13.2 Å². The number of aromatic amines is 1. The molecule has 2 amide bonds. The molecule has 8 nitrogen and oxygen atoms in total. The third-order valence-electron chi connectivity index (χ3n) is 9.56. The van der Waals surface area contributed by atoms with Gasteiger partial charge in [-0.1, -0.05) is 59.7 Å². The number of urea groups is 1. The number of carbonyl (C=O) groups excluding carboxylic acids is 1. The molecule has 1 aliphatic rings. The summed E-state index contributed by atoms with van der Waals surface area (Å²) in [7, 11) is -3.29. The number of rotatable bonds is 15. The Kier molecular flexibility index (Phi) is 10.9. The predicted octanol–water partition coefficient (Wildman–Crippen LogP) is 8.15. The van der Waals surface area contributed by atoms with Crippen molar-refractivity contribution in [2.45, 2.75) is 53.0 Å². The second-order valence-electron chi connectivity index (χ2n) is 13.6. The number of fused-ring (bicyclic) bond motifs is 1. The van der Waals surface area contributed by atoms with Crippen LogP contribution >= 0.6 is 0 Å². The first-order valence-corrected chi connectivity index (χ1v) is 19.6. The lowest BCUT2D eigenvalue weighted by Crippen LogP contribution is -2.31. The lowest BCUT2D eigenvalue weighted by molar-refractivity contribution is 0.223. The molecule has 0 aliphatic carbocycles. The van der Waals surface area contributed by atoms with E-state index in [1.54, 1.807) is 0 Å². The minimum Gasteiger partial charge on any atom is -0.354 e. The lowest BCUT2D eigenvalue weighted by Gasteiger charge is -2.23. The first-order valence-electron chi connectivity index (χ1n) is 17.7. The quantitative estimate of drug-likeness (QED) is 0.109. The van der Waals surface area contributed by atoms with E-state index in [1.165, 1.54) is 45.0 Å². The summed E-state index contributed by atoms with van der Waals surface area (Å²) in [6, 6.07) is 31.6. The number of H-pyrrole nitrogens is 1. The van der Waals surface area contributed by atoms with Gasteiger partial charge in [-0.25, -0.2) is 13.2 Å². The highest BCUT2D eigenvalue weighted by atomic mass is 32.2. The fraction of sp³-hybridized carbons (Fsp3) is 0.341. The number of sulfonamides is 1. The molecule has 2 heterocycles. The molecule has 1 aromatic heterocycles. The van der Waals surface area contributed by atoms with E-state index in [0.29, 0.717) is 12.2 Å². The van der Waals surface area contributed by atoms with Crippen LogP contribution in [0.3, 0.4) is 0 Å². The Labute approximate surface area is 297 Å². The Morgan fingerprint density at radius 3 is 2.24 bits per heavy atom. The van der Waals surface area contributed by atoms with Gasteiger partial charge in [-0.2, -0.15) is 0 Å². The maximum Gasteiger partial charge on any atom is 0.324 e. The summed E-state index contributed by atoms with van der Waals surface area (Å²) in [5.41, 5.74) is 11.2. The van der Waals surface area contributed by atoms with E-state index in [9.17, 15) is 13.2 Å². The van der Waals surface area contributed by atoms with Crippen LogP contribution in [-0.2, 0) is 29.4 Å². The number of nitrogens with zero attached hydrogens (tertiary/aromatic N) is 3. The summed E-state index contributed by atoms with van der Waals surface area (Å²) in [5, 5.41) is 1.17. The van der Waals surface area contributed by atoms with E-state index >= 15 is 0 Å². The number of aromatic nitrogens is 1. The molecule has 1 aliphatic heterocycles. The zero-order valence-electron chi connectivity index (χ0n) is 29.7. The predicted molar refractivity (Wildman–Crippen MR) is 206 cm³/mol. The van der Waals surface area contributed by atoms with Crippen molar-refractivity contribution in [2.24, 2.45) is 0 Å². The monoisotopic (exact) mass is 691 g/mol. The minimum absolute atomic E-state index is 0.0778. The van der Waals surface area contributed by atoms with Crippen molar-refractivity contribution in [1.82, 2.24) is 14.8 Å². The number of likely N-dealkylation sites (N-methyl/N-ethyl adjacent to an activating group) is 1. The van der Waals surface area contributed by atoms with E-state index in [2.05, 4.69) is 95.2 Å². The maximum absolute atomic E-state index is 13.1. The van der Waals surface area contributed by atoms with Crippen molar-refractivity contribution in [3.63, 3.8) is 0 Å². The molecule has 262 valence electrons. The highest BCUT2D eigenvalue weighted by molar-refractivity contribution is 7.92. The van der Waals surface area contributed by atoms with Gasteiger partial charge >= 0.3 is 6.03 Å². The molecular formula is C41H49N5O3S.